The predicted octanol–water partition coefficient (Wildman–Crippen LogP) is 6.99. The fourth-order valence-electron chi connectivity index (χ4n) is 3.38. The van der Waals surface area contributed by atoms with Crippen molar-refractivity contribution in [1.82, 2.24) is 0 Å². The highest BCUT2D eigenvalue weighted by molar-refractivity contribution is 6.69. The van der Waals surface area contributed by atoms with E-state index < -0.39 is 26.7 Å². The van der Waals surface area contributed by atoms with Gasteiger partial charge in [0.25, 0.3) is 0 Å². The molecule has 0 aliphatic heterocycles. The molecule has 1 atom stereocenters. The second kappa shape index (κ2) is 10.4. The van der Waals surface area contributed by atoms with Crippen LogP contribution in [0, 0.1) is 0 Å². The molecule has 0 aromatic heterocycles. The number of aliphatic imine (C=N–C) groups is 1. The minimum atomic E-state index is -4.65. The van der Waals surface area contributed by atoms with E-state index in [0.717, 1.165) is 11.1 Å². The van der Waals surface area contributed by atoms with Crippen LogP contribution < -0.4 is 4.74 Å². The molecule has 7 heteroatoms. The maximum absolute atomic E-state index is 14.4. The van der Waals surface area contributed by atoms with Gasteiger partial charge in [0.05, 0.1) is 6.54 Å². The van der Waals surface area contributed by atoms with Crippen molar-refractivity contribution in [3.05, 3.63) is 102 Å². The SMILES string of the molecule is C[Si](C)(C)OC(COc1ccc(C=NCc2ccccc2)cc1)(c1ccccc1)C(F)(F)F. The maximum Gasteiger partial charge on any atom is 0.424 e. The first kappa shape index (κ1) is 24.7. The van der Waals surface area contributed by atoms with Crippen LogP contribution in [0.5, 0.6) is 5.75 Å². The van der Waals surface area contributed by atoms with Crippen molar-refractivity contribution in [3.8, 4) is 5.75 Å². The molecule has 0 spiro atoms. The van der Waals surface area contributed by atoms with Crippen molar-refractivity contribution in [3.63, 3.8) is 0 Å². The molecule has 0 fully saturated rings. The monoisotopic (exact) mass is 471 g/mol. The molecule has 3 nitrogen and oxygen atoms in total. The molecule has 174 valence electrons. The summed E-state index contributed by atoms with van der Waals surface area (Å²) < 4.78 is 54.8. The van der Waals surface area contributed by atoms with Gasteiger partial charge in [-0.05, 0) is 60.6 Å². The first-order valence-corrected chi connectivity index (χ1v) is 14.1. The van der Waals surface area contributed by atoms with Crippen LogP contribution in [-0.4, -0.2) is 27.3 Å². The van der Waals surface area contributed by atoms with Crippen molar-refractivity contribution in [2.75, 3.05) is 6.61 Å². The Hall–Kier alpha value is -2.90. The maximum atomic E-state index is 14.4. The number of hydrogen-bond acceptors (Lipinski definition) is 3. The predicted molar refractivity (Wildman–Crippen MR) is 128 cm³/mol. The van der Waals surface area contributed by atoms with E-state index in [1.807, 2.05) is 30.3 Å². The lowest BCUT2D eigenvalue weighted by molar-refractivity contribution is -0.267. The fourth-order valence-corrected chi connectivity index (χ4v) is 4.72. The van der Waals surface area contributed by atoms with Crippen LogP contribution in [0.3, 0.4) is 0 Å². The number of hydrogen-bond donors (Lipinski definition) is 0. The van der Waals surface area contributed by atoms with E-state index in [2.05, 4.69) is 4.99 Å². The topological polar surface area (TPSA) is 30.8 Å². The smallest absolute Gasteiger partial charge is 0.424 e. The van der Waals surface area contributed by atoms with Crippen molar-refractivity contribution in [2.45, 2.75) is 38.0 Å². The summed E-state index contributed by atoms with van der Waals surface area (Å²) in [4.78, 5) is 4.41. The highest BCUT2D eigenvalue weighted by atomic mass is 28.4. The Morgan fingerprint density at radius 1 is 0.818 bits per heavy atom. The van der Waals surface area contributed by atoms with Crippen LogP contribution in [0.4, 0.5) is 13.2 Å². The zero-order valence-corrected chi connectivity index (χ0v) is 20.0. The van der Waals surface area contributed by atoms with Gasteiger partial charge >= 0.3 is 6.18 Å². The third-order valence-electron chi connectivity index (χ3n) is 4.86. The molecule has 0 aliphatic rings. The zero-order valence-electron chi connectivity index (χ0n) is 19.0. The van der Waals surface area contributed by atoms with E-state index in [-0.39, 0.29) is 5.56 Å². The number of halogens is 3. The average Bonchev–Trinajstić information content (AvgIpc) is 2.77. The molecule has 33 heavy (non-hydrogen) atoms. The summed E-state index contributed by atoms with van der Waals surface area (Å²) in [6, 6.07) is 24.4. The Labute approximate surface area is 194 Å². The lowest BCUT2D eigenvalue weighted by atomic mass is 9.94. The summed E-state index contributed by atoms with van der Waals surface area (Å²) in [6.07, 6.45) is -2.92. The van der Waals surface area contributed by atoms with E-state index in [1.54, 1.807) is 68.3 Å². The fraction of sp³-hybridized carbons (Fsp3) is 0.269. The van der Waals surface area contributed by atoms with Gasteiger partial charge in [-0.15, -0.1) is 0 Å². The summed E-state index contributed by atoms with van der Waals surface area (Å²) in [5, 5.41) is 0. The number of rotatable bonds is 9. The number of ether oxygens (including phenoxy) is 1. The molecule has 0 amide bonds. The van der Waals surface area contributed by atoms with Crippen molar-refractivity contribution in [2.24, 2.45) is 4.99 Å². The second-order valence-electron chi connectivity index (χ2n) is 8.72. The first-order valence-electron chi connectivity index (χ1n) is 10.7. The molecule has 3 aromatic carbocycles. The third kappa shape index (κ3) is 6.79. The Morgan fingerprint density at radius 3 is 1.94 bits per heavy atom. The molecular weight excluding hydrogens is 443 g/mol. The average molecular weight is 472 g/mol. The highest BCUT2D eigenvalue weighted by Crippen LogP contribution is 2.44. The molecule has 0 saturated heterocycles. The molecular formula is C26H28F3NO2Si. The molecule has 0 saturated carbocycles. The minimum Gasteiger partial charge on any atom is -0.490 e. The number of alkyl halides is 3. The Kier molecular flexibility index (Phi) is 7.76. The summed E-state index contributed by atoms with van der Waals surface area (Å²) >= 11 is 0. The van der Waals surface area contributed by atoms with Crippen LogP contribution in [0.1, 0.15) is 16.7 Å². The number of benzene rings is 3. The van der Waals surface area contributed by atoms with E-state index >= 15 is 0 Å². The van der Waals surface area contributed by atoms with Gasteiger partial charge in [0, 0.05) is 6.21 Å². The largest absolute Gasteiger partial charge is 0.490 e. The van der Waals surface area contributed by atoms with E-state index in [1.165, 1.54) is 12.1 Å². The molecule has 0 aliphatic carbocycles. The highest BCUT2D eigenvalue weighted by Gasteiger charge is 2.59. The van der Waals surface area contributed by atoms with E-state index in [9.17, 15) is 13.2 Å². The molecule has 0 N–H and O–H groups in total. The van der Waals surface area contributed by atoms with Gasteiger partial charge in [0.15, 0.2) is 8.32 Å². The van der Waals surface area contributed by atoms with Crippen LogP contribution in [0.15, 0.2) is 89.9 Å². The second-order valence-corrected chi connectivity index (χ2v) is 13.1. The lowest BCUT2D eigenvalue weighted by Crippen LogP contribution is -2.54. The molecule has 0 radical (unpaired) electrons. The molecule has 1 unspecified atom stereocenters. The molecule has 0 bridgehead atoms. The zero-order chi connectivity index (χ0) is 24.0. The van der Waals surface area contributed by atoms with Gasteiger partial charge < -0.3 is 9.16 Å². The van der Waals surface area contributed by atoms with Crippen LogP contribution in [0.25, 0.3) is 0 Å². The summed E-state index contributed by atoms with van der Waals surface area (Å²) in [7, 11) is -2.59. The van der Waals surface area contributed by atoms with Crippen molar-refractivity contribution in [1.29, 1.82) is 0 Å². The third-order valence-corrected chi connectivity index (χ3v) is 5.82. The summed E-state index contributed by atoms with van der Waals surface area (Å²) in [5.74, 6) is 0.332. The lowest BCUT2D eigenvalue weighted by Gasteiger charge is -2.40. The van der Waals surface area contributed by atoms with E-state index in [4.69, 9.17) is 9.16 Å². The Bertz CT molecular complexity index is 1030. The molecule has 3 aromatic rings. The van der Waals surface area contributed by atoms with Gasteiger partial charge in [-0.25, -0.2) is 0 Å². The first-order chi connectivity index (χ1) is 15.6. The summed E-state index contributed by atoms with van der Waals surface area (Å²) in [6.45, 7) is 5.09. The van der Waals surface area contributed by atoms with Gasteiger partial charge in [0.2, 0.25) is 5.60 Å². The van der Waals surface area contributed by atoms with Crippen LogP contribution >= 0.6 is 0 Å². The molecule has 0 heterocycles. The van der Waals surface area contributed by atoms with Gasteiger partial charge in [-0.2, -0.15) is 13.2 Å². The normalized spacial score (nSPS) is 14.2. The van der Waals surface area contributed by atoms with Crippen LogP contribution in [0.2, 0.25) is 19.6 Å². The Morgan fingerprint density at radius 2 is 1.39 bits per heavy atom. The van der Waals surface area contributed by atoms with Gasteiger partial charge in [-0.3, -0.25) is 4.99 Å². The van der Waals surface area contributed by atoms with Crippen LogP contribution in [-0.2, 0) is 16.6 Å². The number of nitrogens with zero attached hydrogens (tertiary/aromatic N) is 1. The summed E-state index contributed by atoms with van der Waals surface area (Å²) in [5.41, 5.74) is -0.582. The quantitative estimate of drug-likeness (QED) is 0.249. The van der Waals surface area contributed by atoms with E-state index in [0.29, 0.717) is 12.3 Å². The standard InChI is InChI=1S/C26H28F3NO2Si/c1-33(2,3)32-25(26(27,28)29,23-12-8-5-9-13-23)20-31-24-16-14-22(15-17-24)19-30-18-21-10-6-4-7-11-21/h4-17,19H,18,20H2,1-3H3. The van der Waals surface area contributed by atoms with Gasteiger partial charge in [0.1, 0.15) is 12.4 Å². The minimum absolute atomic E-state index is 0.0320. The molecule has 3 rings (SSSR count). The van der Waals surface area contributed by atoms with Crippen molar-refractivity contribution >= 4 is 14.5 Å². The van der Waals surface area contributed by atoms with Gasteiger partial charge in [-0.1, -0.05) is 60.7 Å². The van der Waals surface area contributed by atoms with Crippen molar-refractivity contribution < 1.29 is 22.3 Å². The Balaban J connectivity index is 1.76.